The molecule has 2 aliphatic rings. The highest BCUT2D eigenvalue weighted by Crippen LogP contribution is 2.47. The highest BCUT2D eigenvalue weighted by atomic mass is 32.1. The highest BCUT2D eigenvalue weighted by Gasteiger charge is 2.48. The quantitative estimate of drug-likeness (QED) is 0.117. The molecule has 1 N–H and O–H groups in total. The van der Waals surface area contributed by atoms with Crippen molar-refractivity contribution in [2.24, 2.45) is 0 Å². The van der Waals surface area contributed by atoms with Gasteiger partial charge in [0.2, 0.25) is 0 Å². The smallest absolute Gasteiger partial charge is 0.301 e. The number of ether oxygens (including phenoxy) is 4. The van der Waals surface area contributed by atoms with Crippen LogP contribution in [-0.4, -0.2) is 42.1 Å². The third kappa shape index (κ3) is 5.20. The van der Waals surface area contributed by atoms with E-state index in [-0.39, 0.29) is 11.3 Å². The van der Waals surface area contributed by atoms with Gasteiger partial charge >= 0.3 is 5.91 Å². The van der Waals surface area contributed by atoms with Crippen LogP contribution in [0.25, 0.3) is 16.0 Å². The number of Topliss-reactive ketones (excluding diaryl/α,β-unsaturated/α-hetero) is 1. The van der Waals surface area contributed by atoms with Crippen molar-refractivity contribution < 1.29 is 33.6 Å². The molecule has 4 aromatic carbocycles. The molecular formula is C36H30N2O7S. The fraction of sp³-hybridized carbons (Fsp3) is 0.194. The van der Waals surface area contributed by atoms with Crippen molar-refractivity contribution in [1.82, 2.24) is 4.98 Å². The van der Waals surface area contributed by atoms with Gasteiger partial charge in [0.1, 0.15) is 25.6 Å². The SMILES string of the molecule is COc1cc([C@@H]2/C(=C(\O)c3ccc4c(c3)OCCO4)C(=O)C(=O)N2c2nc3c(C)cc(C)cc3s2)ccc1OCc1ccccc1. The van der Waals surface area contributed by atoms with Crippen LogP contribution in [0.4, 0.5) is 5.13 Å². The molecule has 5 aromatic rings. The van der Waals surface area contributed by atoms with E-state index in [9.17, 15) is 14.7 Å². The second-order valence-electron chi connectivity index (χ2n) is 11.1. The molecule has 3 heterocycles. The summed E-state index contributed by atoms with van der Waals surface area (Å²) in [6.07, 6.45) is 0. The van der Waals surface area contributed by atoms with Gasteiger partial charge in [-0.15, -0.1) is 0 Å². The van der Waals surface area contributed by atoms with Crippen molar-refractivity contribution in [2.75, 3.05) is 25.2 Å². The van der Waals surface area contributed by atoms with Gasteiger partial charge < -0.3 is 24.1 Å². The van der Waals surface area contributed by atoms with Gasteiger partial charge in [0.05, 0.1) is 28.9 Å². The minimum absolute atomic E-state index is 0.0751. The lowest BCUT2D eigenvalue weighted by Gasteiger charge is -2.24. The number of methoxy groups -OCH3 is 1. The van der Waals surface area contributed by atoms with Crippen LogP contribution in [0.15, 0.2) is 84.4 Å². The Bertz CT molecular complexity index is 2040. The maximum absolute atomic E-state index is 13.9. The van der Waals surface area contributed by atoms with Gasteiger partial charge in [-0.05, 0) is 72.5 Å². The first-order chi connectivity index (χ1) is 22.3. The van der Waals surface area contributed by atoms with E-state index < -0.39 is 17.7 Å². The van der Waals surface area contributed by atoms with Gasteiger partial charge in [-0.3, -0.25) is 14.5 Å². The number of carbonyl (C=O) groups is 2. The van der Waals surface area contributed by atoms with E-state index in [0.717, 1.165) is 26.9 Å². The molecule has 0 radical (unpaired) electrons. The number of benzene rings is 4. The number of hydrogen-bond donors (Lipinski definition) is 1. The number of amides is 1. The molecule has 0 spiro atoms. The number of ketones is 1. The monoisotopic (exact) mass is 634 g/mol. The summed E-state index contributed by atoms with van der Waals surface area (Å²) in [5.74, 6) is -0.0670. The van der Waals surface area contributed by atoms with Gasteiger partial charge in [0.25, 0.3) is 5.78 Å². The molecule has 9 nitrogen and oxygen atoms in total. The summed E-state index contributed by atoms with van der Waals surface area (Å²) >= 11 is 1.32. The number of aryl methyl sites for hydroxylation is 2. The number of thiazole rings is 1. The van der Waals surface area contributed by atoms with E-state index in [1.165, 1.54) is 23.3 Å². The summed E-state index contributed by atoms with van der Waals surface area (Å²) in [5, 5.41) is 12.1. The predicted molar refractivity (Wildman–Crippen MR) is 175 cm³/mol. The molecule has 0 bridgehead atoms. The molecule has 1 fully saturated rings. The van der Waals surface area contributed by atoms with Gasteiger partial charge in [-0.2, -0.15) is 0 Å². The first-order valence-corrected chi connectivity index (χ1v) is 15.6. The third-order valence-electron chi connectivity index (χ3n) is 8.03. The molecule has 1 saturated heterocycles. The Labute approximate surface area is 269 Å². The molecule has 1 atom stereocenters. The van der Waals surface area contributed by atoms with E-state index in [2.05, 4.69) is 0 Å². The molecule has 1 aromatic heterocycles. The molecule has 232 valence electrons. The van der Waals surface area contributed by atoms with Crippen LogP contribution in [0, 0.1) is 13.8 Å². The average molecular weight is 635 g/mol. The number of aliphatic hydroxyl groups excluding tert-OH is 1. The van der Waals surface area contributed by atoms with Crippen LogP contribution < -0.4 is 23.8 Å². The van der Waals surface area contributed by atoms with E-state index >= 15 is 0 Å². The van der Waals surface area contributed by atoms with Gasteiger partial charge in [-0.1, -0.05) is 53.8 Å². The Kier molecular flexibility index (Phi) is 7.58. The summed E-state index contributed by atoms with van der Waals surface area (Å²) in [4.78, 5) is 33.9. The van der Waals surface area contributed by atoms with E-state index in [4.69, 9.17) is 23.9 Å². The summed E-state index contributed by atoms with van der Waals surface area (Å²) in [7, 11) is 1.53. The van der Waals surface area contributed by atoms with Crippen LogP contribution in [0.5, 0.6) is 23.0 Å². The summed E-state index contributed by atoms with van der Waals surface area (Å²) < 4.78 is 24.0. The van der Waals surface area contributed by atoms with Crippen LogP contribution in [0.3, 0.4) is 0 Å². The van der Waals surface area contributed by atoms with Crippen molar-refractivity contribution >= 4 is 44.1 Å². The first-order valence-electron chi connectivity index (χ1n) is 14.8. The van der Waals surface area contributed by atoms with Crippen LogP contribution in [-0.2, 0) is 16.2 Å². The molecular weight excluding hydrogens is 604 g/mol. The Morgan fingerprint density at radius 2 is 1.74 bits per heavy atom. The molecule has 1 amide bonds. The number of rotatable bonds is 7. The standard InChI is InChI=1S/C36H30N2O7S/c1-20-15-21(2)31-29(16-20)46-36(37-31)38-32(23-9-11-25(27(17-23)42-3)45-19-22-7-5-4-6-8-22)30(34(40)35(38)41)33(39)24-10-12-26-28(18-24)44-14-13-43-26/h4-12,15-18,32,39H,13-14,19H2,1-3H3/b33-30+/t32-/m1/s1. The minimum atomic E-state index is -1.01. The van der Waals surface area contributed by atoms with Crippen molar-refractivity contribution in [2.45, 2.75) is 26.5 Å². The lowest BCUT2D eigenvalue weighted by atomic mass is 9.95. The van der Waals surface area contributed by atoms with E-state index in [1.54, 1.807) is 36.4 Å². The summed E-state index contributed by atoms with van der Waals surface area (Å²) in [5.41, 5.74) is 4.54. The fourth-order valence-corrected chi connectivity index (χ4v) is 7.03. The highest BCUT2D eigenvalue weighted by molar-refractivity contribution is 7.22. The molecule has 0 aliphatic carbocycles. The van der Waals surface area contributed by atoms with E-state index in [1.807, 2.05) is 56.3 Å². The number of anilines is 1. The maximum Gasteiger partial charge on any atom is 0.301 e. The van der Waals surface area contributed by atoms with Crippen molar-refractivity contribution in [3.63, 3.8) is 0 Å². The molecule has 7 rings (SSSR count). The Morgan fingerprint density at radius 1 is 0.957 bits per heavy atom. The van der Waals surface area contributed by atoms with Gasteiger partial charge in [-0.25, -0.2) is 4.98 Å². The Hall–Kier alpha value is -5.35. The second kappa shape index (κ2) is 11.9. The Morgan fingerprint density at radius 3 is 2.52 bits per heavy atom. The van der Waals surface area contributed by atoms with Gasteiger partial charge in [0, 0.05) is 5.56 Å². The Balaban J connectivity index is 1.36. The molecule has 0 saturated carbocycles. The number of aromatic nitrogens is 1. The summed E-state index contributed by atoms with van der Waals surface area (Å²) in [6, 6.07) is 22.9. The third-order valence-corrected chi connectivity index (χ3v) is 9.03. The lowest BCUT2D eigenvalue weighted by Crippen LogP contribution is -2.29. The zero-order valence-corrected chi connectivity index (χ0v) is 26.2. The number of aliphatic hydroxyl groups is 1. The first kappa shape index (κ1) is 29.4. The maximum atomic E-state index is 13.9. The zero-order chi connectivity index (χ0) is 31.9. The zero-order valence-electron chi connectivity index (χ0n) is 25.4. The molecule has 0 unspecified atom stereocenters. The van der Waals surface area contributed by atoms with Gasteiger partial charge in [0.15, 0.2) is 28.1 Å². The van der Waals surface area contributed by atoms with Crippen LogP contribution in [0.2, 0.25) is 0 Å². The van der Waals surface area contributed by atoms with Crippen molar-refractivity contribution in [3.05, 3.63) is 112 Å². The normalized spacial score (nSPS) is 17.0. The average Bonchev–Trinajstić information content (AvgIpc) is 3.61. The fourth-order valence-electron chi connectivity index (χ4n) is 5.86. The van der Waals surface area contributed by atoms with Crippen molar-refractivity contribution in [1.29, 1.82) is 0 Å². The topological polar surface area (TPSA) is 107 Å². The van der Waals surface area contributed by atoms with Crippen LogP contribution >= 0.6 is 11.3 Å². The number of carbonyl (C=O) groups excluding carboxylic acids is 2. The largest absolute Gasteiger partial charge is 0.507 e. The van der Waals surface area contributed by atoms with E-state index in [0.29, 0.717) is 59.1 Å². The molecule has 46 heavy (non-hydrogen) atoms. The van der Waals surface area contributed by atoms with Crippen molar-refractivity contribution in [3.8, 4) is 23.0 Å². The predicted octanol–water partition coefficient (Wildman–Crippen LogP) is 6.90. The minimum Gasteiger partial charge on any atom is -0.507 e. The lowest BCUT2D eigenvalue weighted by molar-refractivity contribution is -0.132. The number of nitrogens with zero attached hydrogens (tertiary/aromatic N) is 2. The second-order valence-corrected chi connectivity index (χ2v) is 12.1. The summed E-state index contributed by atoms with van der Waals surface area (Å²) in [6.45, 7) is 5.06. The number of fused-ring (bicyclic) bond motifs is 2. The molecule has 2 aliphatic heterocycles. The van der Waals surface area contributed by atoms with Crippen LogP contribution in [0.1, 0.15) is 33.9 Å². The molecule has 10 heteroatoms. The number of hydrogen-bond acceptors (Lipinski definition) is 9.